The minimum atomic E-state index is -0.353. The molecule has 5 heteroatoms. The largest absolute Gasteiger partial charge is 0.482 e. The van der Waals surface area contributed by atoms with E-state index in [-0.39, 0.29) is 18.3 Å². The number of fused-ring (bicyclic) bond motifs is 1. The Kier molecular flexibility index (Phi) is 3.86. The first-order valence-electron chi connectivity index (χ1n) is 5.40. The van der Waals surface area contributed by atoms with E-state index < -0.39 is 0 Å². The molecule has 1 amide bonds. The summed E-state index contributed by atoms with van der Waals surface area (Å²) in [7, 11) is 0. The van der Waals surface area contributed by atoms with Crippen LogP contribution in [0.3, 0.4) is 0 Å². The van der Waals surface area contributed by atoms with Gasteiger partial charge in [-0.25, -0.2) is 4.39 Å². The number of carbonyl (C=O) groups excluding carboxylic acids is 1. The van der Waals surface area contributed by atoms with Crippen LogP contribution >= 0.6 is 22.6 Å². The molecule has 17 heavy (non-hydrogen) atoms. The fraction of sp³-hybridized carbons (Fsp3) is 0.417. The van der Waals surface area contributed by atoms with Crippen LogP contribution < -0.4 is 9.64 Å². The Morgan fingerprint density at radius 3 is 3.06 bits per heavy atom. The van der Waals surface area contributed by atoms with Crippen LogP contribution in [0.1, 0.15) is 6.92 Å². The van der Waals surface area contributed by atoms with E-state index in [1.807, 2.05) is 0 Å². The first kappa shape index (κ1) is 12.6. The first-order chi connectivity index (χ1) is 8.11. The van der Waals surface area contributed by atoms with Gasteiger partial charge >= 0.3 is 0 Å². The lowest BCUT2D eigenvalue weighted by Crippen LogP contribution is -2.41. The van der Waals surface area contributed by atoms with Crippen molar-refractivity contribution < 1.29 is 13.9 Å². The molecule has 1 aromatic carbocycles. The van der Waals surface area contributed by atoms with E-state index in [2.05, 4.69) is 29.5 Å². The highest BCUT2D eigenvalue weighted by molar-refractivity contribution is 14.1. The van der Waals surface area contributed by atoms with Gasteiger partial charge in [0.05, 0.1) is 5.69 Å². The van der Waals surface area contributed by atoms with Crippen LogP contribution in [0, 0.1) is 11.7 Å². The van der Waals surface area contributed by atoms with E-state index in [1.54, 1.807) is 11.0 Å². The molecule has 0 saturated heterocycles. The summed E-state index contributed by atoms with van der Waals surface area (Å²) < 4.78 is 19.4. The average molecular weight is 349 g/mol. The van der Waals surface area contributed by atoms with Crippen molar-refractivity contribution in [3.8, 4) is 5.75 Å². The molecule has 1 aromatic rings. The number of hydrogen-bond donors (Lipinski definition) is 0. The van der Waals surface area contributed by atoms with Crippen LogP contribution in [0.25, 0.3) is 0 Å². The van der Waals surface area contributed by atoms with E-state index in [0.29, 0.717) is 23.9 Å². The number of halogens is 2. The summed E-state index contributed by atoms with van der Waals surface area (Å²) in [6, 6.07) is 4.26. The van der Waals surface area contributed by atoms with Gasteiger partial charge in [-0.05, 0) is 18.1 Å². The number of carbonyl (C=O) groups is 1. The minimum Gasteiger partial charge on any atom is -0.482 e. The number of nitrogens with zero attached hydrogens (tertiary/aromatic N) is 1. The molecule has 0 saturated carbocycles. The van der Waals surface area contributed by atoms with Crippen LogP contribution in [0.4, 0.5) is 10.1 Å². The molecule has 0 aliphatic carbocycles. The summed E-state index contributed by atoms with van der Waals surface area (Å²) in [5, 5.41) is 0. The molecule has 1 heterocycles. The maximum Gasteiger partial charge on any atom is 0.265 e. The average Bonchev–Trinajstić information content (AvgIpc) is 2.32. The number of rotatable bonds is 3. The number of benzene rings is 1. The van der Waals surface area contributed by atoms with Crippen LogP contribution in [-0.4, -0.2) is 23.5 Å². The Bertz CT molecular complexity index is 439. The lowest BCUT2D eigenvalue weighted by atomic mass is 10.1. The number of anilines is 1. The zero-order chi connectivity index (χ0) is 12.4. The quantitative estimate of drug-likeness (QED) is 0.620. The number of hydrogen-bond acceptors (Lipinski definition) is 2. The molecule has 1 aliphatic rings. The summed E-state index contributed by atoms with van der Waals surface area (Å²) in [4.78, 5) is 13.4. The molecule has 0 spiro atoms. The molecule has 0 radical (unpaired) electrons. The Morgan fingerprint density at radius 1 is 1.59 bits per heavy atom. The van der Waals surface area contributed by atoms with E-state index in [9.17, 15) is 9.18 Å². The van der Waals surface area contributed by atoms with Crippen molar-refractivity contribution in [3.05, 3.63) is 24.0 Å². The maximum absolute atomic E-state index is 13.2. The first-order valence-corrected chi connectivity index (χ1v) is 6.93. The van der Waals surface area contributed by atoms with Gasteiger partial charge in [0.25, 0.3) is 5.91 Å². The van der Waals surface area contributed by atoms with Crippen molar-refractivity contribution in [1.29, 1.82) is 0 Å². The van der Waals surface area contributed by atoms with E-state index in [1.165, 1.54) is 12.1 Å². The Hall–Kier alpha value is -0.850. The molecule has 0 fully saturated rings. The lowest BCUT2D eigenvalue weighted by Gasteiger charge is -2.31. The van der Waals surface area contributed by atoms with Gasteiger partial charge < -0.3 is 9.64 Å². The molecule has 3 nitrogen and oxygen atoms in total. The SMILES string of the molecule is CC(CI)CN1C(=O)COc2ccc(F)cc21. The van der Waals surface area contributed by atoms with Crippen molar-refractivity contribution in [2.24, 2.45) is 5.92 Å². The summed E-state index contributed by atoms with van der Waals surface area (Å²) in [5.74, 6) is 0.481. The van der Waals surface area contributed by atoms with Crippen LogP contribution in [0.15, 0.2) is 18.2 Å². The monoisotopic (exact) mass is 349 g/mol. The zero-order valence-corrected chi connectivity index (χ0v) is 11.6. The van der Waals surface area contributed by atoms with Gasteiger partial charge in [-0.15, -0.1) is 0 Å². The van der Waals surface area contributed by atoms with Crippen molar-refractivity contribution in [2.45, 2.75) is 6.92 Å². The zero-order valence-electron chi connectivity index (χ0n) is 9.45. The Morgan fingerprint density at radius 2 is 2.35 bits per heavy atom. The highest BCUT2D eigenvalue weighted by atomic mass is 127. The topological polar surface area (TPSA) is 29.5 Å². The van der Waals surface area contributed by atoms with Gasteiger partial charge in [0, 0.05) is 17.0 Å². The highest BCUT2D eigenvalue weighted by Gasteiger charge is 2.26. The third-order valence-corrected chi connectivity index (χ3v) is 4.13. The summed E-state index contributed by atoms with van der Waals surface area (Å²) in [6.45, 7) is 2.70. The third kappa shape index (κ3) is 2.70. The van der Waals surface area contributed by atoms with Crippen LogP contribution in [0.2, 0.25) is 0 Å². The molecular weight excluding hydrogens is 336 g/mol. The van der Waals surface area contributed by atoms with Crippen LogP contribution in [-0.2, 0) is 4.79 Å². The molecule has 0 aromatic heterocycles. The smallest absolute Gasteiger partial charge is 0.265 e. The maximum atomic E-state index is 13.2. The second kappa shape index (κ2) is 5.20. The normalized spacial score (nSPS) is 16.4. The lowest BCUT2D eigenvalue weighted by molar-refractivity contribution is -0.121. The Balaban J connectivity index is 2.32. The van der Waals surface area contributed by atoms with Crippen LogP contribution in [0.5, 0.6) is 5.75 Å². The highest BCUT2D eigenvalue weighted by Crippen LogP contribution is 2.33. The fourth-order valence-electron chi connectivity index (χ4n) is 1.74. The molecular formula is C12H13FINO2. The Labute approximate surface area is 113 Å². The second-order valence-electron chi connectivity index (χ2n) is 4.16. The summed E-state index contributed by atoms with van der Waals surface area (Å²) in [5.41, 5.74) is 0.540. The van der Waals surface area contributed by atoms with Crippen molar-refractivity contribution in [3.63, 3.8) is 0 Å². The van der Waals surface area contributed by atoms with Crippen molar-refractivity contribution in [2.75, 3.05) is 22.5 Å². The van der Waals surface area contributed by atoms with Gasteiger partial charge in [-0.2, -0.15) is 0 Å². The van der Waals surface area contributed by atoms with E-state index in [0.717, 1.165) is 4.43 Å². The van der Waals surface area contributed by atoms with Crippen molar-refractivity contribution >= 4 is 34.2 Å². The minimum absolute atomic E-state index is 0.0343. The van der Waals surface area contributed by atoms with Gasteiger partial charge in [0.15, 0.2) is 6.61 Å². The fourth-order valence-corrected chi connectivity index (χ4v) is 2.01. The number of alkyl halides is 1. The molecule has 92 valence electrons. The second-order valence-corrected chi connectivity index (χ2v) is 5.05. The van der Waals surface area contributed by atoms with E-state index >= 15 is 0 Å². The molecule has 0 bridgehead atoms. The predicted molar refractivity (Wildman–Crippen MR) is 72.3 cm³/mol. The summed E-state index contributed by atoms with van der Waals surface area (Å²) >= 11 is 2.28. The van der Waals surface area contributed by atoms with Crippen molar-refractivity contribution in [1.82, 2.24) is 0 Å². The standard InChI is InChI=1S/C12H13FINO2/c1-8(5-14)6-15-10-4-9(13)2-3-11(10)17-7-12(15)16/h2-4,8H,5-7H2,1H3. The number of ether oxygens (including phenoxy) is 1. The van der Waals surface area contributed by atoms with Gasteiger partial charge in [0.2, 0.25) is 0 Å². The summed E-state index contributed by atoms with van der Waals surface area (Å²) in [6.07, 6.45) is 0. The van der Waals surface area contributed by atoms with E-state index in [4.69, 9.17) is 4.74 Å². The molecule has 1 unspecified atom stereocenters. The van der Waals surface area contributed by atoms with Gasteiger partial charge in [-0.1, -0.05) is 29.5 Å². The third-order valence-electron chi connectivity index (χ3n) is 2.62. The van der Waals surface area contributed by atoms with Gasteiger partial charge in [0.1, 0.15) is 11.6 Å². The number of amides is 1. The van der Waals surface area contributed by atoms with Gasteiger partial charge in [-0.3, -0.25) is 4.79 Å². The predicted octanol–water partition coefficient (Wildman–Crippen LogP) is 2.62. The molecule has 1 atom stereocenters. The molecule has 2 rings (SSSR count). The molecule has 1 aliphatic heterocycles. The molecule has 0 N–H and O–H groups in total.